The Kier molecular flexibility index (Phi) is 64.6. The van der Waals surface area contributed by atoms with Gasteiger partial charge in [0.15, 0.2) is 0 Å². The van der Waals surface area contributed by atoms with Crippen LogP contribution in [0.25, 0.3) is 0 Å². The van der Waals surface area contributed by atoms with Gasteiger partial charge in [-0.1, -0.05) is 0 Å². The SMILES string of the molecule is [Cu].[NaH].[SnH][SbH2]. The molecule has 0 saturated carbocycles. The van der Waals surface area contributed by atoms with Gasteiger partial charge in [-0.25, -0.2) is 0 Å². The van der Waals surface area contributed by atoms with Crippen molar-refractivity contribution < 1.29 is 17.1 Å². The quantitative estimate of drug-likeness (QED) is 0.442. The fourth-order valence-electron chi connectivity index (χ4n) is 0. The zero-order valence-corrected chi connectivity index (χ0v) is 8.99. The van der Waals surface area contributed by atoms with Gasteiger partial charge in [-0.2, -0.15) is 0 Å². The van der Waals surface area contributed by atoms with E-state index in [-0.39, 0.29) is 46.6 Å². The van der Waals surface area contributed by atoms with Crippen LogP contribution in [0.15, 0.2) is 0 Å². The van der Waals surface area contributed by atoms with Gasteiger partial charge in [0.1, 0.15) is 0 Å². The molecule has 0 spiro atoms. The van der Waals surface area contributed by atoms with Gasteiger partial charge in [0.2, 0.25) is 0 Å². The van der Waals surface area contributed by atoms with Crippen molar-refractivity contribution in [3.63, 3.8) is 0 Å². The molecule has 0 nitrogen and oxygen atoms in total. The molecule has 4 heteroatoms. The molecule has 0 amide bonds. The number of hydrogen-bond donors (Lipinski definition) is 0. The van der Waals surface area contributed by atoms with E-state index in [1.54, 1.807) is 0 Å². The molecule has 0 rings (SSSR count). The second-order valence-electron chi connectivity index (χ2n) is 0. The van der Waals surface area contributed by atoms with E-state index in [9.17, 15) is 0 Å². The summed E-state index contributed by atoms with van der Waals surface area (Å²) in [5.74, 6) is 0. The van der Waals surface area contributed by atoms with Crippen LogP contribution in [0.1, 0.15) is 0 Å². The maximum absolute atomic E-state index is 1.48. The number of rotatable bonds is 0. The molecule has 0 saturated heterocycles. The van der Waals surface area contributed by atoms with Gasteiger partial charge in [0, 0.05) is 17.1 Å². The predicted octanol–water partition coefficient (Wildman–Crippen LogP) is -2.22. The molecular weight excluding hydrogens is 327 g/mol. The van der Waals surface area contributed by atoms with E-state index in [1.807, 2.05) is 0 Å². The van der Waals surface area contributed by atoms with Crippen LogP contribution in [0, 0.1) is 0 Å². The first kappa shape index (κ1) is 15.7. The first-order valence-electron chi connectivity index (χ1n) is 0.333. The second-order valence-corrected chi connectivity index (χ2v) is 0. The van der Waals surface area contributed by atoms with Gasteiger partial charge in [-0.3, -0.25) is 0 Å². The van der Waals surface area contributed by atoms with E-state index in [2.05, 4.69) is 0 Å². The summed E-state index contributed by atoms with van der Waals surface area (Å²) in [6.45, 7) is 0. The van der Waals surface area contributed by atoms with Crippen molar-refractivity contribution in [1.82, 2.24) is 0 Å². The molecule has 0 bridgehead atoms. The molecule has 0 aromatic carbocycles. The molecule has 0 heterocycles. The molecule has 0 fully saturated rings. The standard InChI is InChI=1S/Cu.Na.Sb.Sn.4H. The number of hydrogen-bond acceptors (Lipinski definition) is 0. The van der Waals surface area contributed by atoms with Crippen LogP contribution in [0.3, 0.4) is 0 Å². The Hall–Kier alpha value is 3.14. The van der Waals surface area contributed by atoms with E-state index >= 15 is 0 Å². The Morgan fingerprint density at radius 3 is 1.25 bits per heavy atom. The summed E-state index contributed by atoms with van der Waals surface area (Å²) in [4.78, 5) is 0. The molecule has 0 aliphatic heterocycles. The molecule has 0 aromatic heterocycles. The molecule has 0 aliphatic rings. The normalized spacial score (nSPS) is 1.50. The van der Waals surface area contributed by atoms with Crippen LogP contribution in [0.5, 0.6) is 0 Å². The molecule has 4 heavy (non-hydrogen) atoms. The van der Waals surface area contributed by atoms with Gasteiger partial charge in [-0.15, -0.1) is 0 Å². The monoisotopic (exact) mass is 331 g/mol. The van der Waals surface area contributed by atoms with Gasteiger partial charge >= 0.3 is 67.0 Å². The van der Waals surface area contributed by atoms with Crippen molar-refractivity contribution in [1.29, 1.82) is 0 Å². The van der Waals surface area contributed by atoms with Crippen LogP contribution in [-0.2, 0) is 17.1 Å². The average Bonchev–Trinajstić information content (AvgIpc) is 1.00. The molecule has 0 unspecified atom stereocenters. The van der Waals surface area contributed by atoms with E-state index in [1.165, 1.54) is 37.5 Å². The van der Waals surface area contributed by atoms with Gasteiger partial charge in [0.25, 0.3) is 0 Å². The zero-order valence-electron chi connectivity index (χ0n) is 1.46. The molecule has 25 valence electrons. The minimum atomic E-state index is 0. The first-order chi connectivity index (χ1) is 1.00. The minimum absolute atomic E-state index is 0. The topological polar surface area (TPSA) is 0 Å². The Morgan fingerprint density at radius 2 is 1.25 bits per heavy atom. The van der Waals surface area contributed by atoms with E-state index in [0.717, 1.165) is 0 Å². The molecule has 0 aliphatic carbocycles. The fraction of sp³-hybridized carbons (Fsp3) is 0. The predicted molar refractivity (Wildman–Crippen MR) is 22.8 cm³/mol. The first-order valence-corrected chi connectivity index (χ1v) is 15.0. The van der Waals surface area contributed by atoms with Gasteiger partial charge in [-0.05, 0) is 0 Å². The Morgan fingerprint density at radius 1 is 1.25 bits per heavy atom. The van der Waals surface area contributed by atoms with Crippen molar-refractivity contribution in [2.75, 3.05) is 0 Å². The molecule has 0 aromatic rings. The fourth-order valence-corrected chi connectivity index (χ4v) is 0. The summed E-state index contributed by atoms with van der Waals surface area (Å²) in [5, 5.41) is 0. The Balaban J connectivity index is -0.00000000500. The average molecular weight is 331 g/mol. The molecule has 0 N–H and O–H groups in total. The third-order valence-corrected chi connectivity index (χ3v) is 0. The Labute approximate surface area is 82.2 Å². The third kappa shape index (κ3) is 8.93. The van der Waals surface area contributed by atoms with Crippen molar-refractivity contribution >= 4 is 67.0 Å². The van der Waals surface area contributed by atoms with Crippen LogP contribution < -0.4 is 0 Å². The van der Waals surface area contributed by atoms with E-state index in [4.69, 9.17) is 0 Å². The summed E-state index contributed by atoms with van der Waals surface area (Å²) in [5.41, 5.74) is 0. The summed E-state index contributed by atoms with van der Waals surface area (Å²) < 4.78 is 0. The summed E-state index contributed by atoms with van der Waals surface area (Å²) in [6.07, 6.45) is 0. The van der Waals surface area contributed by atoms with E-state index < -0.39 is 0 Å². The van der Waals surface area contributed by atoms with Gasteiger partial charge < -0.3 is 0 Å². The Bertz CT molecular complexity index is 8.00. The van der Waals surface area contributed by atoms with Gasteiger partial charge in [0.05, 0.1) is 0 Å². The summed E-state index contributed by atoms with van der Waals surface area (Å²) in [6, 6.07) is 0. The van der Waals surface area contributed by atoms with Crippen LogP contribution in [-0.4, -0.2) is 67.0 Å². The molecule has 0 atom stereocenters. The summed E-state index contributed by atoms with van der Waals surface area (Å²) in [7, 11) is 0. The van der Waals surface area contributed by atoms with Crippen molar-refractivity contribution in [2.24, 2.45) is 0 Å². The third-order valence-electron chi connectivity index (χ3n) is 0. The van der Waals surface area contributed by atoms with Crippen LogP contribution >= 0.6 is 0 Å². The van der Waals surface area contributed by atoms with E-state index in [0.29, 0.717) is 0 Å². The van der Waals surface area contributed by atoms with Crippen molar-refractivity contribution in [3.8, 4) is 0 Å². The maximum atomic E-state index is 1.48. The van der Waals surface area contributed by atoms with Crippen LogP contribution in [0.2, 0.25) is 0 Å². The second kappa shape index (κ2) is 16.5. The molecular formula is H4CuNaSbSn. The van der Waals surface area contributed by atoms with Crippen molar-refractivity contribution in [3.05, 3.63) is 0 Å². The zero-order chi connectivity index (χ0) is 2.00. The molecule has 3 radical (unpaired) electrons. The van der Waals surface area contributed by atoms with Crippen LogP contribution in [0.4, 0.5) is 0 Å². The van der Waals surface area contributed by atoms with Crippen molar-refractivity contribution in [2.45, 2.75) is 0 Å². The summed E-state index contributed by atoms with van der Waals surface area (Å²) >= 11 is 2.96.